The Balaban J connectivity index is 1.38. The lowest BCUT2D eigenvalue weighted by Crippen LogP contribution is -2.11. The van der Waals surface area contributed by atoms with Crippen molar-refractivity contribution in [2.75, 3.05) is 4.90 Å². The number of nitrogens with zero attached hydrogens (tertiary/aromatic N) is 1. The molecule has 0 saturated heterocycles. The number of anilines is 3. The smallest absolute Gasteiger partial charge is 0.136 e. The van der Waals surface area contributed by atoms with Crippen molar-refractivity contribution in [3.8, 4) is 22.3 Å². The summed E-state index contributed by atoms with van der Waals surface area (Å²) in [4.78, 5) is 2.42. The maximum Gasteiger partial charge on any atom is 0.136 e. The van der Waals surface area contributed by atoms with E-state index in [9.17, 15) is 0 Å². The second-order valence-corrected chi connectivity index (χ2v) is 11.7. The molecule has 0 saturated carbocycles. The number of hydrogen-bond donors (Lipinski definition) is 0. The van der Waals surface area contributed by atoms with Crippen LogP contribution in [0.2, 0.25) is 0 Å². The van der Waals surface area contributed by atoms with Crippen LogP contribution < -0.4 is 4.90 Å². The molecule has 8 aromatic carbocycles. The molecule has 0 fully saturated rings. The Bertz CT molecular complexity index is 2540. The van der Waals surface area contributed by atoms with E-state index >= 15 is 0 Å². The fourth-order valence-electron chi connectivity index (χ4n) is 6.91. The predicted octanol–water partition coefficient (Wildman–Crippen LogP) is 12.7. The van der Waals surface area contributed by atoms with E-state index in [1.165, 1.54) is 38.2 Å². The Morgan fingerprint density at radius 3 is 1.93 bits per heavy atom. The van der Waals surface area contributed by atoms with Crippen LogP contribution in [0, 0.1) is 0 Å². The predicted molar refractivity (Wildman–Crippen MR) is 194 cm³/mol. The molecule has 0 bridgehead atoms. The fourth-order valence-corrected chi connectivity index (χ4v) is 6.91. The lowest BCUT2D eigenvalue weighted by molar-refractivity contribution is 0.669. The Kier molecular flexibility index (Phi) is 6.17. The van der Waals surface area contributed by atoms with E-state index < -0.39 is 0 Å². The van der Waals surface area contributed by atoms with Gasteiger partial charge < -0.3 is 9.32 Å². The van der Waals surface area contributed by atoms with Crippen molar-refractivity contribution >= 4 is 60.5 Å². The van der Waals surface area contributed by atoms with Crippen LogP contribution in [0.25, 0.3) is 65.7 Å². The number of fused-ring (bicyclic) bond motifs is 5. The summed E-state index contributed by atoms with van der Waals surface area (Å²) in [7, 11) is 0. The monoisotopic (exact) mass is 587 g/mol. The van der Waals surface area contributed by atoms with Crippen LogP contribution in [0.1, 0.15) is 0 Å². The van der Waals surface area contributed by atoms with Gasteiger partial charge >= 0.3 is 0 Å². The van der Waals surface area contributed by atoms with Gasteiger partial charge in [0.1, 0.15) is 11.2 Å². The summed E-state index contributed by atoms with van der Waals surface area (Å²) in [6, 6.07) is 62.8. The Labute approximate surface area is 267 Å². The van der Waals surface area contributed by atoms with E-state index in [1.807, 2.05) is 6.07 Å². The summed E-state index contributed by atoms with van der Waals surface area (Å²) in [5, 5.41) is 7.07. The van der Waals surface area contributed by atoms with Crippen molar-refractivity contribution in [3.05, 3.63) is 176 Å². The molecule has 0 N–H and O–H groups in total. The van der Waals surface area contributed by atoms with Crippen molar-refractivity contribution in [1.82, 2.24) is 0 Å². The average Bonchev–Trinajstić information content (AvgIpc) is 3.51. The third kappa shape index (κ3) is 4.35. The van der Waals surface area contributed by atoms with Gasteiger partial charge in [-0.05, 0) is 80.7 Å². The minimum atomic E-state index is 0.890. The number of furan rings is 1. The Morgan fingerprint density at radius 2 is 1.04 bits per heavy atom. The van der Waals surface area contributed by atoms with Crippen LogP contribution >= 0.6 is 0 Å². The third-order valence-electron chi connectivity index (χ3n) is 9.02. The average molecular weight is 588 g/mol. The molecule has 0 atom stereocenters. The van der Waals surface area contributed by atoms with Gasteiger partial charge in [0.2, 0.25) is 0 Å². The molecular weight excluding hydrogens is 558 g/mol. The molecule has 0 radical (unpaired) electrons. The molecule has 9 rings (SSSR count). The first-order chi connectivity index (χ1) is 22.8. The van der Waals surface area contributed by atoms with Crippen molar-refractivity contribution in [1.29, 1.82) is 0 Å². The highest BCUT2D eigenvalue weighted by atomic mass is 16.3. The first-order valence-corrected chi connectivity index (χ1v) is 15.7. The van der Waals surface area contributed by atoms with E-state index in [-0.39, 0.29) is 0 Å². The van der Waals surface area contributed by atoms with Crippen molar-refractivity contribution in [2.45, 2.75) is 0 Å². The van der Waals surface area contributed by atoms with Crippen molar-refractivity contribution in [3.63, 3.8) is 0 Å². The first-order valence-electron chi connectivity index (χ1n) is 15.7. The van der Waals surface area contributed by atoms with Crippen molar-refractivity contribution in [2.24, 2.45) is 0 Å². The number of rotatable bonds is 5. The van der Waals surface area contributed by atoms with Gasteiger partial charge in [0.25, 0.3) is 0 Å². The van der Waals surface area contributed by atoms with Crippen LogP contribution in [0.3, 0.4) is 0 Å². The Hall–Kier alpha value is -6.12. The summed E-state index contributed by atoms with van der Waals surface area (Å²) in [6.07, 6.45) is 0. The SMILES string of the molecule is c1ccc(-c2cccc(N(c3ccc4ccccc4c3)c3ccc4ccccc4c3-c3cccc4oc5ccccc5c34)c2)cc1. The molecule has 9 aromatic rings. The molecule has 0 unspecified atom stereocenters. The molecule has 46 heavy (non-hydrogen) atoms. The third-order valence-corrected chi connectivity index (χ3v) is 9.02. The number of para-hydroxylation sites is 1. The van der Waals surface area contributed by atoms with Crippen LogP contribution in [0.15, 0.2) is 180 Å². The van der Waals surface area contributed by atoms with Gasteiger partial charge in [0.15, 0.2) is 0 Å². The first kappa shape index (κ1) is 26.3. The molecule has 1 heterocycles. The minimum Gasteiger partial charge on any atom is -0.456 e. The zero-order valence-corrected chi connectivity index (χ0v) is 25.1. The summed E-state index contributed by atoms with van der Waals surface area (Å²) in [5.41, 5.74) is 9.78. The zero-order valence-electron chi connectivity index (χ0n) is 25.1. The van der Waals surface area contributed by atoms with Crippen LogP contribution in [0.5, 0.6) is 0 Å². The summed E-state index contributed by atoms with van der Waals surface area (Å²) >= 11 is 0. The summed E-state index contributed by atoms with van der Waals surface area (Å²) < 4.78 is 6.40. The van der Waals surface area contributed by atoms with Crippen molar-refractivity contribution < 1.29 is 4.42 Å². The second-order valence-electron chi connectivity index (χ2n) is 11.7. The summed E-state index contributed by atoms with van der Waals surface area (Å²) in [5.74, 6) is 0. The number of hydrogen-bond acceptors (Lipinski definition) is 2. The van der Waals surface area contributed by atoms with Gasteiger partial charge in [-0.15, -0.1) is 0 Å². The van der Waals surface area contributed by atoms with Gasteiger partial charge in [-0.25, -0.2) is 0 Å². The van der Waals surface area contributed by atoms with Gasteiger partial charge in [0.05, 0.1) is 5.69 Å². The molecule has 2 nitrogen and oxygen atoms in total. The molecule has 0 amide bonds. The van der Waals surface area contributed by atoms with Gasteiger partial charge in [-0.3, -0.25) is 0 Å². The highest BCUT2D eigenvalue weighted by Crippen LogP contribution is 2.48. The van der Waals surface area contributed by atoms with E-state index in [0.717, 1.165) is 44.6 Å². The lowest BCUT2D eigenvalue weighted by Gasteiger charge is -2.29. The molecule has 0 aliphatic carbocycles. The maximum atomic E-state index is 6.40. The van der Waals surface area contributed by atoms with Gasteiger partial charge in [-0.2, -0.15) is 0 Å². The molecule has 1 aromatic heterocycles. The molecule has 2 heteroatoms. The van der Waals surface area contributed by atoms with E-state index in [1.54, 1.807) is 0 Å². The number of benzene rings is 8. The van der Waals surface area contributed by atoms with E-state index in [2.05, 4.69) is 175 Å². The highest BCUT2D eigenvalue weighted by Gasteiger charge is 2.23. The Morgan fingerprint density at radius 1 is 0.391 bits per heavy atom. The topological polar surface area (TPSA) is 16.4 Å². The van der Waals surface area contributed by atoms with Gasteiger partial charge in [0, 0.05) is 27.7 Å². The largest absolute Gasteiger partial charge is 0.456 e. The standard InChI is InChI=1S/C44H29NO/c1-2-12-30(13-3-1)34-17-10-18-35(28-34)45(36-26-24-31-14-4-5-16-33(31)29-36)40-27-25-32-15-6-7-19-37(32)43(40)39-21-11-23-42-44(39)38-20-8-9-22-41(38)46-42/h1-29H. The van der Waals surface area contributed by atoms with Crippen LogP contribution in [0.4, 0.5) is 17.1 Å². The fraction of sp³-hybridized carbons (Fsp3) is 0. The van der Waals surface area contributed by atoms with Crippen LogP contribution in [-0.2, 0) is 0 Å². The highest BCUT2D eigenvalue weighted by molar-refractivity contribution is 6.18. The summed E-state index contributed by atoms with van der Waals surface area (Å²) in [6.45, 7) is 0. The zero-order chi connectivity index (χ0) is 30.5. The lowest BCUT2D eigenvalue weighted by atomic mass is 9.92. The van der Waals surface area contributed by atoms with E-state index in [4.69, 9.17) is 4.42 Å². The normalized spacial score (nSPS) is 11.5. The minimum absolute atomic E-state index is 0.890. The molecule has 216 valence electrons. The van der Waals surface area contributed by atoms with Crippen LogP contribution in [-0.4, -0.2) is 0 Å². The van der Waals surface area contributed by atoms with E-state index in [0.29, 0.717) is 0 Å². The molecular formula is C44H29NO. The molecule has 0 aliphatic heterocycles. The van der Waals surface area contributed by atoms with Gasteiger partial charge in [-0.1, -0.05) is 133 Å². The molecule has 0 spiro atoms. The quantitative estimate of drug-likeness (QED) is 0.199. The molecule has 0 aliphatic rings. The maximum absolute atomic E-state index is 6.40. The second kappa shape index (κ2) is 10.8.